The zero-order valence-electron chi connectivity index (χ0n) is 13.7. The number of rotatable bonds is 6. The maximum absolute atomic E-state index is 12.1. The first-order valence-electron chi connectivity index (χ1n) is 7.66. The molecule has 5 nitrogen and oxygen atoms in total. The van der Waals surface area contributed by atoms with E-state index in [-0.39, 0.29) is 23.5 Å². The van der Waals surface area contributed by atoms with Gasteiger partial charge in [0.15, 0.2) is 0 Å². The summed E-state index contributed by atoms with van der Waals surface area (Å²) in [7, 11) is 0. The average molecular weight is 327 g/mol. The third-order valence-electron chi connectivity index (χ3n) is 3.77. The lowest BCUT2D eigenvalue weighted by atomic mass is 9.95. The third kappa shape index (κ3) is 4.20. The molecule has 2 aromatic carbocycles. The molecule has 24 heavy (non-hydrogen) atoms. The Morgan fingerprint density at radius 3 is 2.25 bits per heavy atom. The molecule has 0 saturated carbocycles. The lowest BCUT2D eigenvalue weighted by Crippen LogP contribution is -2.36. The van der Waals surface area contributed by atoms with Crippen LogP contribution in [0.15, 0.2) is 48.5 Å². The van der Waals surface area contributed by atoms with E-state index in [1.807, 2.05) is 13.8 Å². The molecule has 0 aromatic heterocycles. The van der Waals surface area contributed by atoms with Crippen molar-refractivity contribution in [1.82, 2.24) is 5.32 Å². The summed E-state index contributed by atoms with van der Waals surface area (Å²) in [5.41, 5.74) is 1.68. The van der Waals surface area contributed by atoms with E-state index in [0.29, 0.717) is 17.7 Å². The monoisotopic (exact) mass is 327 g/mol. The van der Waals surface area contributed by atoms with Crippen LogP contribution >= 0.6 is 0 Å². The van der Waals surface area contributed by atoms with Gasteiger partial charge in [0.2, 0.25) is 0 Å². The highest BCUT2D eigenvalue weighted by molar-refractivity contribution is 5.97. The number of hydrogen-bond acceptors (Lipinski definition) is 3. The molecule has 0 atom stereocenters. The van der Waals surface area contributed by atoms with Gasteiger partial charge in [0, 0.05) is 24.1 Å². The Kier molecular flexibility index (Phi) is 5.36. The van der Waals surface area contributed by atoms with Gasteiger partial charge < -0.3 is 15.5 Å². The maximum atomic E-state index is 12.1. The lowest BCUT2D eigenvalue weighted by Gasteiger charge is -2.21. The standard InChI is InChI=1S/C19H21NO4/c1-19(2,12-21)11-20-17(22)14-9-7-13(8-10-14)15-5-3-4-6-16(15)18(23)24/h3-10,21H,11-12H2,1-2H3,(H,20,22)(H,23,24). The zero-order chi connectivity index (χ0) is 17.7. The van der Waals surface area contributed by atoms with Gasteiger partial charge in [0.1, 0.15) is 0 Å². The molecular weight excluding hydrogens is 306 g/mol. The normalized spacial score (nSPS) is 11.1. The van der Waals surface area contributed by atoms with Crippen LogP contribution in [0, 0.1) is 5.41 Å². The number of carbonyl (C=O) groups is 2. The molecule has 2 rings (SSSR count). The minimum atomic E-state index is -0.987. The summed E-state index contributed by atoms with van der Waals surface area (Å²) in [4.78, 5) is 23.4. The Morgan fingerprint density at radius 1 is 1.04 bits per heavy atom. The van der Waals surface area contributed by atoms with E-state index in [2.05, 4.69) is 5.32 Å². The second-order valence-electron chi connectivity index (χ2n) is 6.43. The van der Waals surface area contributed by atoms with Crippen LogP contribution in [0.2, 0.25) is 0 Å². The Bertz CT molecular complexity index is 735. The van der Waals surface area contributed by atoms with Crippen molar-refractivity contribution < 1.29 is 19.8 Å². The lowest BCUT2D eigenvalue weighted by molar-refractivity contribution is 0.0697. The van der Waals surface area contributed by atoms with Crippen molar-refractivity contribution >= 4 is 11.9 Å². The number of carboxylic acids is 1. The van der Waals surface area contributed by atoms with E-state index in [4.69, 9.17) is 0 Å². The quantitative estimate of drug-likeness (QED) is 0.761. The number of carboxylic acid groups (broad SMARTS) is 1. The number of benzene rings is 2. The minimum absolute atomic E-state index is 0.0157. The molecular formula is C19H21NO4. The first-order valence-corrected chi connectivity index (χ1v) is 7.66. The fourth-order valence-electron chi connectivity index (χ4n) is 2.20. The zero-order valence-corrected chi connectivity index (χ0v) is 13.7. The molecule has 0 aliphatic carbocycles. The maximum Gasteiger partial charge on any atom is 0.336 e. The van der Waals surface area contributed by atoms with E-state index in [0.717, 1.165) is 5.56 Å². The highest BCUT2D eigenvalue weighted by atomic mass is 16.4. The van der Waals surface area contributed by atoms with Gasteiger partial charge in [-0.3, -0.25) is 4.79 Å². The van der Waals surface area contributed by atoms with Crippen molar-refractivity contribution in [3.63, 3.8) is 0 Å². The van der Waals surface area contributed by atoms with Crippen LogP contribution in [-0.4, -0.2) is 35.2 Å². The Balaban J connectivity index is 2.17. The van der Waals surface area contributed by atoms with Crippen molar-refractivity contribution in [3.8, 4) is 11.1 Å². The number of aliphatic hydroxyl groups excluding tert-OH is 1. The van der Waals surface area contributed by atoms with Crippen molar-refractivity contribution in [2.24, 2.45) is 5.41 Å². The van der Waals surface area contributed by atoms with E-state index in [1.54, 1.807) is 48.5 Å². The molecule has 0 aliphatic rings. The number of aliphatic hydroxyl groups is 1. The van der Waals surface area contributed by atoms with Gasteiger partial charge in [-0.2, -0.15) is 0 Å². The molecule has 0 aliphatic heterocycles. The Labute approximate surface area is 141 Å². The number of nitrogens with one attached hydrogen (secondary N) is 1. The minimum Gasteiger partial charge on any atom is -0.478 e. The highest BCUT2D eigenvalue weighted by Gasteiger charge is 2.18. The summed E-state index contributed by atoms with van der Waals surface area (Å²) in [5.74, 6) is -1.21. The Morgan fingerprint density at radius 2 is 1.67 bits per heavy atom. The molecule has 0 heterocycles. The highest BCUT2D eigenvalue weighted by Crippen LogP contribution is 2.24. The van der Waals surface area contributed by atoms with E-state index in [9.17, 15) is 19.8 Å². The number of amides is 1. The van der Waals surface area contributed by atoms with Gasteiger partial charge in [0.05, 0.1) is 5.56 Å². The van der Waals surface area contributed by atoms with Gasteiger partial charge in [-0.05, 0) is 29.3 Å². The molecule has 0 bridgehead atoms. The van der Waals surface area contributed by atoms with Crippen molar-refractivity contribution in [2.45, 2.75) is 13.8 Å². The summed E-state index contributed by atoms with van der Waals surface area (Å²) in [6, 6.07) is 13.5. The van der Waals surface area contributed by atoms with E-state index >= 15 is 0 Å². The predicted octanol–water partition coefficient (Wildman–Crippen LogP) is 2.80. The van der Waals surface area contributed by atoms with E-state index in [1.165, 1.54) is 0 Å². The van der Waals surface area contributed by atoms with Gasteiger partial charge in [-0.1, -0.05) is 44.2 Å². The molecule has 5 heteroatoms. The van der Waals surface area contributed by atoms with Gasteiger partial charge >= 0.3 is 5.97 Å². The number of aromatic carboxylic acids is 1. The molecule has 0 spiro atoms. The van der Waals surface area contributed by atoms with Gasteiger partial charge in [-0.15, -0.1) is 0 Å². The largest absolute Gasteiger partial charge is 0.478 e. The van der Waals surface area contributed by atoms with Crippen molar-refractivity contribution in [3.05, 3.63) is 59.7 Å². The van der Waals surface area contributed by atoms with Crippen LogP contribution in [0.3, 0.4) is 0 Å². The van der Waals surface area contributed by atoms with Gasteiger partial charge in [-0.25, -0.2) is 4.79 Å². The van der Waals surface area contributed by atoms with Gasteiger partial charge in [0.25, 0.3) is 5.91 Å². The molecule has 3 N–H and O–H groups in total. The van der Waals surface area contributed by atoms with Crippen LogP contribution < -0.4 is 5.32 Å². The smallest absolute Gasteiger partial charge is 0.336 e. The topological polar surface area (TPSA) is 86.6 Å². The second kappa shape index (κ2) is 7.27. The summed E-state index contributed by atoms with van der Waals surface area (Å²) < 4.78 is 0. The average Bonchev–Trinajstić information content (AvgIpc) is 2.60. The van der Waals surface area contributed by atoms with Crippen LogP contribution in [0.5, 0.6) is 0 Å². The first-order chi connectivity index (χ1) is 11.3. The summed E-state index contributed by atoms with van der Waals surface area (Å²) in [5, 5.41) is 21.3. The third-order valence-corrected chi connectivity index (χ3v) is 3.77. The molecule has 0 fully saturated rings. The fourth-order valence-corrected chi connectivity index (χ4v) is 2.20. The molecule has 0 radical (unpaired) electrons. The summed E-state index contributed by atoms with van der Waals surface area (Å²) in [6.07, 6.45) is 0. The Hall–Kier alpha value is -2.66. The van der Waals surface area contributed by atoms with Crippen LogP contribution in [0.25, 0.3) is 11.1 Å². The summed E-state index contributed by atoms with van der Waals surface area (Å²) in [6.45, 7) is 4.07. The number of carbonyl (C=O) groups excluding carboxylic acids is 1. The van der Waals surface area contributed by atoms with Crippen molar-refractivity contribution in [1.29, 1.82) is 0 Å². The fraction of sp³-hybridized carbons (Fsp3) is 0.263. The van der Waals surface area contributed by atoms with E-state index < -0.39 is 5.97 Å². The second-order valence-corrected chi connectivity index (χ2v) is 6.43. The molecule has 1 amide bonds. The van der Waals surface area contributed by atoms with Crippen LogP contribution in [0.1, 0.15) is 34.6 Å². The summed E-state index contributed by atoms with van der Waals surface area (Å²) >= 11 is 0. The van der Waals surface area contributed by atoms with Crippen molar-refractivity contribution in [2.75, 3.05) is 13.2 Å². The van der Waals surface area contributed by atoms with Crippen LogP contribution in [-0.2, 0) is 0 Å². The van der Waals surface area contributed by atoms with Crippen LogP contribution in [0.4, 0.5) is 0 Å². The number of hydrogen-bond donors (Lipinski definition) is 3. The SMILES string of the molecule is CC(C)(CO)CNC(=O)c1ccc(-c2ccccc2C(=O)O)cc1. The molecule has 2 aromatic rings. The molecule has 126 valence electrons. The molecule has 0 saturated heterocycles. The molecule has 0 unspecified atom stereocenters. The first kappa shape index (κ1) is 17.7. The predicted molar refractivity (Wildman–Crippen MR) is 92.0 cm³/mol.